The molecule has 0 spiro atoms. The Morgan fingerprint density at radius 3 is 2.28 bits per heavy atom. The Hall–Kier alpha value is -2.75. The van der Waals surface area contributed by atoms with Crippen molar-refractivity contribution in [2.24, 2.45) is 0 Å². The van der Waals surface area contributed by atoms with Crippen molar-refractivity contribution in [1.82, 2.24) is 9.97 Å². The van der Waals surface area contributed by atoms with Gasteiger partial charge in [-0.1, -0.05) is 26.0 Å². The van der Waals surface area contributed by atoms with Crippen LogP contribution in [-0.4, -0.2) is 15.9 Å². The smallest absolute Gasteiger partial charge is 0.255 e. The van der Waals surface area contributed by atoms with Gasteiger partial charge < -0.3 is 5.32 Å². The molecule has 0 saturated carbocycles. The molecule has 25 heavy (non-hydrogen) atoms. The van der Waals surface area contributed by atoms with Gasteiger partial charge in [-0.2, -0.15) is 0 Å². The molecule has 0 saturated heterocycles. The molecule has 1 aromatic heterocycles. The molecule has 4 heteroatoms. The van der Waals surface area contributed by atoms with Crippen molar-refractivity contribution in [3.8, 4) is 0 Å². The van der Waals surface area contributed by atoms with E-state index in [0.29, 0.717) is 11.5 Å². The lowest BCUT2D eigenvalue weighted by Crippen LogP contribution is -2.12. The topological polar surface area (TPSA) is 54.9 Å². The number of aromatic nitrogens is 2. The summed E-state index contributed by atoms with van der Waals surface area (Å²) in [5.74, 6) is 0.383. The first kappa shape index (κ1) is 17.1. The van der Waals surface area contributed by atoms with Crippen LogP contribution in [0, 0.1) is 13.8 Å². The van der Waals surface area contributed by atoms with Gasteiger partial charge in [0.1, 0.15) is 0 Å². The average molecular weight is 333 g/mol. The minimum Gasteiger partial charge on any atom is -0.322 e. The number of carbonyl (C=O) groups is 1. The van der Waals surface area contributed by atoms with E-state index in [1.165, 1.54) is 5.56 Å². The third-order valence-electron chi connectivity index (χ3n) is 4.69. The van der Waals surface area contributed by atoms with Crippen molar-refractivity contribution in [1.29, 1.82) is 0 Å². The molecular formula is C21H23N3O. The van der Waals surface area contributed by atoms with E-state index in [0.717, 1.165) is 34.5 Å². The number of carbonyl (C=O) groups excluding carboxylic acids is 1. The normalized spacial score (nSPS) is 12.2. The Kier molecular flexibility index (Phi) is 4.79. The van der Waals surface area contributed by atoms with Crippen LogP contribution in [0.1, 0.15) is 53.5 Å². The zero-order chi connectivity index (χ0) is 18.0. The van der Waals surface area contributed by atoms with E-state index in [2.05, 4.69) is 41.3 Å². The second kappa shape index (κ2) is 7.01. The number of aryl methyl sites for hydroxylation is 2. The zero-order valence-corrected chi connectivity index (χ0v) is 15.1. The quantitative estimate of drug-likeness (QED) is 0.730. The number of amides is 1. The van der Waals surface area contributed by atoms with E-state index < -0.39 is 0 Å². The molecule has 1 amide bonds. The number of fused-ring (bicyclic) bond motifs is 1. The van der Waals surface area contributed by atoms with Gasteiger partial charge in [0.15, 0.2) is 0 Å². The molecule has 1 atom stereocenters. The summed E-state index contributed by atoms with van der Waals surface area (Å²) in [6, 6.07) is 13.5. The van der Waals surface area contributed by atoms with Crippen molar-refractivity contribution < 1.29 is 4.79 Å². The number of benzene rings is 2. The number of anilines is 1. The second-order valence-corrected chi connectivity index (χ2v) is 6.48. The Bertz CT molecular complexity index is 916. The number of hydrogen-bond acceptors (Lipinski definition) is 3. The molecule has 0 radical (unpaired) electrons. The molecule has 3 rings (SSSR count). The molecular weight excluding hydrogens is 310 g/mol. The Balaban J connectivity index is 1.81. The van der Waals surface area contributed by atoms with E-state index in [-0.39, 0.29) is 5.91 Å². The molecule has 2 aromatic carbocycles. The zero-order valence-electron chi connectivity index (χ0n) is 15.1. The summed E-state index contributed by atoms with van der Waals surface area (Å²) in [6.45, 7) is 8.23. The van der Waals surface area contributed by atoms with E-state index in [4.69, 9.17) is 0 Å². The van der Waals surface area contributed by atoms with Gasteiger partial charge in [0, 0.05) is 11.3 Å². The predicted molar refractivity (Wildman–Crippen MR) is 102 cm³/mol. The molecule has 0 fully saturated rings. The maximum absolute atomic E-state index is 12.5. The van der Waals surface area contributed by atoms with Gasteiger partial charge in [0.2, 0.25) is 0 Å². The van der Waals surface area contributed by atoms with E-state index in [9.17, 15) is 4.79 Å². The van der Waals surface area contributed by atoms with Gasteiger partial charge in [-0.05, 0) is 62.1 Å². The molecule has 128 valence electrons. The van der Waals surface area contributed by atoms with Crippen molar-refractivity contribution in [3.05, 3.63) is 65.0 Å². The summed E-state index contributed by atoms with van der Waals surface area (Å²) in [5.41, 5.74) is 5.99. The molecule has 1 N–H and O–H groups in total. The predicted octanol–water partition coefficient (Wildman–Crippen LogP) is 5.01. The molecule has 3 aromatic rings. The third kappa shape index (κ3) is 3.68. The van der Waals surface area contributed by atoms with Gasteiger partial charge >= 0.3 is 0 Å². The van der Waals surface area contributed by atoms with Gasteiger partial charge in [0.25, 0.3) is 5.91 Å². The summed E-state index contributed by atoms with van der Waals surface area (Å²) in [5, 5.41) is 2.95. The van der Waals surface area contributed by atoms with Crippen LogP contribution >= 0.6 is 0 Å². The Labute approximate surface area is 148 Å². The largest absolute Gasteiger partial charge is 0.322 e. The fraction of sp³-hybridized carbons (Fsp3) is 0.286. The molecule has 4 nitrogen and oxygen atoms in total. The number of rotatable bonds is 4. The lowest BCUT2D eigenvalue weighted by Gasteiger charge is -2.11. The highest BCUT2D eigenvalue weighted by Crippen LogP contribution is 2.21. The molecule has 0 aliphatic rings. The fourth-order valence-electron chi connectivity index (χ4n) is 2.71. The summed E-state index contributed by atoms with van der Waals surface area (Å²) < 4.78 is 0. The highest BCUT2D eigenvalue weighted by atomic mass is 16.1. The van der Waals surface area contributed by atoms with Crippen molar-refractivity contribution in [2.75, 3.05) is 5.32 Å². The van der Waals surface area contributed by atoms with Gasteiger partial charge in [0.05, 0.1) is 22.4 Å². The maximum Gasteiger partial charge on any atom is 0.255 e. The number of nitrogens with one attached hydrogen (secondary N) is 1. The van der Waals surface area contributed by atoms with Crippen molar-refractivity contribution >= 4 is 22.6 Å². The fourth-order valence-corrected chi connectivity index (χ4v) is 2.71. The summed E-state index contributed by atoms with van der Waals surface area (Å²) >= 11 is 0. The second-order valence-electron chi connectivity index (χ2n) is 6.48. The van der Waals surface area contributed by atoms with Gasteiger partial charge in [-0.15, -0.1) is 0 Å². The van der Waals surface area contributed by atoms with Crippen molar-refractivity contribution in [2.45, 2.75) is 40.0 Å². The average Bonchev–Trinajstić information content (AvgIpc) is 2.62. The molecule has 0 aliphatic carbocycles. The third-order valence-corrected chi connectivity index (χ3v) is 4.69. The van der Waals surface area contributed by atoms with Crippen molar-refractivity contribution in [3.63, 3.8) is 0 Å². The Morgan fingerprint density at radius 2 is 1.64 bits per heavy atom. The van der Waals surface area contributed by atoms with Crippen LogP contribution in [0.4, 0.5) is 5.69 Å². The number of nitrogens with zero attached hydrogens (tertiary/aromatic N) is 2. The molecule has 0 aliphatic heterocycles. The van der Waals surface area contributed by atoms with Crippen LogP contribution in [0.3, 0.4) is 0 Å². The monoisotopic (exact) mass is 333 g/mol. The summed E-state index contributed by atoms with van der Waals surface area (Å²) in [7, 11) is 0. The Morgan fingerprint density at radius 1 is 1.00 bits per heavy atom. The summed E-state index contributed by atoms with van der Waals surface area (Å²) in [6.07, 6.45) is 1.10. The molecule has 1 unspecified atom stereocenters. The SMILES string of the molecule is CCC(C)c1ccc(NC(=O)c2ccc3nc(C)c(C)nc3c2)cc1. The molecule has 0 bridgehead atoms. The van der Waals surface area contributed by atoms with Crippen LogP contribution in [0.25, 0.3) is 11.0 Å². The van der Waals surface area contributed by atoms with Crippen LogP contribution in [0.15, 0.2) is 42.5 Å². The minimum atomic E-state index is -0.141. The highest BCUT2D eigenvalue weighted by molar-refractivity contribution is 6.05. The van der Waals surface area contributed by atoms with E-state index in [1.807, 2.05) is 32.0 Å². The lowest BCUT2D eigenvalue weighted by atomic mass is 9.98. The standard InChI is InChI=1S/C21H23N3O/c1-5-13(2)16-6-9-18(10-7-16)24-21(25)17-8-11-19-20(12-17)23-15(4)14(3)22-19/h6-13H,5H2,1-4H3,(H,24,25). The maximum atomic E-state index is 12.5. The van der Waals surface area contributed by atoms with Crippen LogP contribution in [0.5, 0.6) is 0 Å². The lowest BCUT2D eigenvalue weighted by molar-refractivity contribution is 0.102. The van der Waals surface area contributed by atoms with E-state index >= 15 is 0 Å². The van der Waals surface area contributed by atoms with Gasteiger partial charge in [-0.3, -0.25) is 4.79 Å². The van der Waals surface area contributed by atoms with E-state index in [1.54, 1.807) is 12.1 Å². The summed E-state index contributed by atoms with van der Waals surface area (Å²) in [4.78, 5) is 21.5. The van der Waals surface area contributed by atoms with Crippen LogP contribution < -0.4 is 5.32 Å². The first-order chi connectivity index (χ1) is 12.0. The van der Waals surface area contributed by atoms with Crippen LogP contribution in [-0.2, 0) is 0 Å². The first-order valence-electron chi connectivity index (χ1n) is 8.64. The number of hydrogen-bond donors (Lipinski definition) is 1. The minimum absolute atomic E-state index is 0.141. The van der Waals surface area contributed by atoms with Gasteiger partial charge in [-0.25, -0.2) is 9.97 Å². The first-order valence-corrected chi connectivity index (χ1v) is 8.64. The highest BCUT2D eigenvalue weighted by Gasteiger charge is 2.10. The molecule has 1 heterocycles. The van der Waals surface area contributed by atoms with Crippen LogP contribution in [0.2, 0.25) is 0 Å².